The molecular formula is C21H23N3O4. The number of amides is 2. The maximum absolute atomic E-state index is 12.7. The molecule has 2 aromatic carbocycles. The highest BCUT2D eigenvalue weighted by atomic mass is 16.4. The topological polar surface area (TPSA) is 150 Å². The molecule has 146 valence electrons. The summed E-state index contributed by atoms with van der Waals surface area (Å²) in [6.45, 7) is 1.75. The molecule has 0 bridgehead atoms. The number of rotatable bonds is 5. The van der Waals surface area contributed by atoms with Crippen LogP contribution in [0.3, 0.4) is 0 Å². The molecule has 7 nitrogen and oxygen atoms in total. The normalized spacial score (nSPS) is 15.6. The molecule has 0 aliphatic heterocycles. The maximum Gasteiger partial charge on any atom is 0.318 e. The van der Waals surface area contributed by atoms with E-state index in [-0.39, 0.29) is 6.42 Å². The molecular weight excluding hydrogens is 358 g/mol. The third-order valence-electron chi connectivity index (χ3n) is 5.36. The third kappa shape index (κ3) is 3.14. The molecule has 0 spiro atoms. The summed E-state index contributed by atoms with van der Waals surface area (Å²) >= 11 is 0. The number of carbonyl (C=O) groups excluding carboxylic acids is 2. The highest BCUT2D eigenvalue weighted by Crippen LogP contribution is 2.43. The zero-order valence-electron chi connectivity index (χ0n) is 15.6. The van der Waals surface area contributed by atoms with Crippen molar-refractivity contribution in [2.45, 2.75) is 37.6 Å². The number of aryl methyl sites for hydroxylation is 2. The van der Waals surface area contributed by atoms with Gasteiger partial charge in [-0.2, -0.15) is 0 Å². The molecule has 0 fully saturated rings. The highest BCUT2D eigenvalue weighted by molar-refractivity contribution is 5.95. The van der Waals surface area contributed by atoms with Gasteiger partial charge >= 0.3 is 5.97 Å². The van der Waals surface area contributed by atoms with Crippen molar-refractivity contribution < 1.29 is 19.5 Å². The summed E-state index contributed by atoms with van der Waals surface area (Å²) in [4.78, 5) is 35.9. The minimum absolute atomic E-state index is 0.161. The number of aliphatic carboxylic acids is 1. The Kier molecular flexibility index (Phi) is 4.95. The molecule has 28 heavy (non-hydrogen) atoms. The fourth-order valence-corrected chi connectivity index (χ4v) is 4.18. The van der Waals surface area contributed by atoms with E-state index in [4.69, 9.17) is 17.2 Å². The first-order valence-corrected chi connectivity index (χ1v) is 9.02. The average Bonchev–Trinajstić information content (AvgIpc) is 2.76. The highest BCUT2D eigenvalue weighted by Gasteiger charge is 2.46. The van der Waals surface area contributed by atoms with Crippen LogP contribution in [-0.4, -0.2) is 28.9 Å². The SMILES string of the molecule is C[C@H](N)CC1(C(=O)O)c2ccc(C(N)=O)cc2CCc2cc(C(N)=O)ccc21. The summed E-state index contributed by atoms with van der Waals surface area (Å²) in [7, 11) is 0. The number of hydrogen-bond acceptors (Lipinski definition) is 4. The molecule has 0 aromatic heterocycles. The molecule has 0 saturated heterocycles. The zero-order valence-corrected chi connectivity index (χ0v) is 15.6. The van der Waals surface area contributed by atoms with E-state index in [0.29, 0.717) is 35.1 Å². The monoisotopic (exact) mass is 381 g/mol. The number of hydrogen-bond donors (Lipinski definition) is 4. The van der Waals surface area contributed by atoms with Crippen LogP contribution in [0.25, 0.3) is 0 Å². The Balaban J connectivity index is 2.35. The summed E-state index contributed by atoms with van der Waals surface area (Å²) in [6.07, 6.45) is 1.16. The lowest BCUT2D eigenvalue weighted by atomic mass is 9.68. The van der Waals surface area contributed by atoms with Crippen molar-refractivity contribution in [3.63, 3.8) is 0 Å². The van der Waals surface area contributed by atoms with Crippen LogP contribution >= 0.6 is 0 Å². The predicted octanol–water partition coefficient (Wildman–Crippen LogP) is 1.09. The van der Waals surface area contributed by atoms with E-state index in [9.17, 15) is 19.5 Å². The van der Waals surface area contributed by atoms with Gasteiger partial charge in [-0.3, -0.25) is 14.4 Å². The molecule has 1 aliphatic carbocycles. The molecule has 2 amide bonds. The first-order chi connectivity index (χ1) is 13.2. The van der Waals surface area contributed by atoms with Crippen LogP contribution < -0.4 is 17.2 Å². The van der Waals surface area contributed by atoms with E-state index < -0.39 is 29.2 Å². The van der Waals surface area contributed by atoms with Gasteiger partial charge in [-0.05, 0) is 72.7 Å². The first kappa shape index (κ1) is 19.6. The average molecular weight is 381 g/mol. The van der Waals surface area contributed by atoms with Gasteiger partial charge in [0.25, 0.3) is 0 Å². The predicted molar refractivity (Wildman–Crippen MR) is 104 cm³/mol. The summed E-state index contributed by atoms with van der Waals surface area (Å²) in [5.74, 6) is -2.18. The van der Waals surface area contributed by atoms with Crippen LogP contribution in [0.4, 0.5) is 0 Å². The van der Waals surface area contributed by atoms with Crippen LogP contribution in [-0.2, 0) is 23.1 Å². The second-order valence-electron chi connectivity index (χ2n) is 7.36. The largest absolute Gasteiger partial charge is 0.480 e. The fourth-order valence-electron chi connectivity index (χ4n) is 4.18. The Morgan fingerprint density at radius 1 is 0.964 bits per heavy atom. The van der Waals surface area contributed by atoms with Crippen LogP contribution in [0.2, 0.25) is 0 Å². The van der Waals surface area contributed by atoms with Crippen LogP contribution in [0.1, 0.15) is 56.3 Å². The summed E-state index contributed by atoms with van der Waals surface area (Å²) < 4.78 is 0. The van der Waals surface area contributed by atoms with Crippen LogP contribution in [0.15, 0.2) is 36.4 Å². The molecule has 7 N–H and O–H groups in total. The molecule has 1 aliphatic rings. The summed E-state index contributed by atoms with van der Waals surface area (Å²) in [5.41, 5.74) is 18.8. The molecule has 0 saturated carbocycles. The van der Waals surface area contributed by atoms with Gasteiger partial charge in [0.1, 0.15) is 5.41 Å². The Morgan fingerprint density at radius 2 is 1.39 bits per heavy atom. The number of carboxylic acid groups (broad SMARTS) is 1. The van der Waals surface area contributed by atoms with E-state index in [2.05, 4.69) is 0 Å². The van der Waals surface area contributed by atoms with Crippen molar-refractivity contribution in [3.8, 4) is 0 Å². The molecule has 3 rings (SSSR count). The van der Waals surface area contributed by atoms with E-state index in [1.165, 1.54) is 0 Å². The van der Waals surface area contributed by atoms with Crippen molar-refractivity contribution in [2.75, 3.05) is 0 Å². The molecule has 0 heterocycles. The molecule has 1 atom stereocenters. The number of nitrogens with two attached hydrogens (primary N) is 3. The number of carboxylic acids is 1. The Hall–Kier alpha value is -3.19. The zero-order chi connectivity index (χ0) is 20.6. The minimum atomic E-state index is -1.40. The second-order valence-corrected chi connectivity index (χ2v) is 7.36. The van der Waals surface area contributed by atoms with Gasteiger partial charge in [-0.25, -0.2) is 0 Å². The molecule has 7 heteroatoms. The fraction of sp³-hybridized carbons (Fsp3) is 0.286. The van der Waals surface area contributed by atoms with Gasteiger partial charge in [-0.1, -0.05) is 12.1 Å². The van der Waals surface area contributed by atoms with E-state index >= 15 is 0 Å². The molecule has 0 unspecified atom stereocenters. The van der Waals surface area contributed by atoms with Crippen molar-refractivity contribution in [1.82, 2.24) is 0 Å². The Bertz CT molecular complexity index is 916. The van der Waals surface area contributed by atoms with E-state index in [0.717, 1.165) is 11.1 Å². The van der Waals surface area contributed by atoms with E-state index in [1.807, 2.05) is 0 Å². The summed E-state index contributed by atoms with van der Waals surface area (Å²) in [5, 5.41) is 10.4. The lowest BCUT2D eigenvalue weighted by molar-refractivity contribution is -0.142. The number of carbonyl (C=O) groups is 3. The summed E-state index contributed by atoms with van der Waals surface area (Å²) in [6, 6.07) is 9.30. The van der Waals surface area contributed by atoms with E-state index in [1.54, 1.807) is 43.3 Å². The van der Waals surface area contributed by atoms with Crippen molar-refractivity contribution >= 4 is 17.8 Å². The number of fused-ring (bicyclic) bond motifs is 2. The lowest BCUT2D eigenvalue weighted by Gasteiger charge is -2.34. The van der Waals surface area contributed by atoms with Crippen molar-refractivity contribution in [3.05, 3.63) is 69.8 Å². The Morgan fingerprint density at radius 3 is 1.71 bits per heavy atom. The van der Waals surface area contributed by atoms with Gasteiger partial charge in [0.05, 0.1) is 0 Å². The van der Waals surface area contributed by atoms with Crippen LogP contribution in [0, 0.1) is 0 Å². The van der Waals surface area contributed by atoms with Gasteiger partial charge in [-0.15, -0.1) is 0 Å². The van der Waals surface area contributed by atoms with Gasteiger partial charge < -0.3 is 22.3 Å². The van der Waals surface area contributed by atoms with Crippen molar-refractivity contribution in [1.29, 1.82) is 0 Å². The van der Waals surface area contributed by atoms with Crippen LogP contribution in [0.5, 0.6) is 0 Å². The van der Waals surface area contributed by atoms with Gasteiger partial charge in [0, 0.05) is 17.2 Å². The Labute approximate surface area is 162 Å². The van der Waals surface area contributed by atoms with Crippen molar-refractivity contribution in [2.24, 2.45) is 17.2 Å². The minimum Gasteiger partial charge on any atom is -0.480 e. The third-order valence-corrected chi connectivity index (χ3v) is 5.36. The lowest BCUT2D eigenvalue weighted by Crippen LogP contribution is -2.42. The number of primary amides is 2. The first-order valence-electron chi connectivity index (χ1n) is 9.02. The number of benzene rings is 2. The molecule has 0 radical (unpaired) electrons. The smallest absolute Gasteiger partial charge is 0.318 e. The second kappa shape index (κ2) is 7.09. The molecule has 2 aromatic rings. The standard InChI is InChI=1S/C21H23N3O4/c1-11(22)10-21(20(27)28)16-6-4-14(18(23)25)8-12(16)2-3-13-9-15(19(24)26)5-7-17(13)21/h4-9,11H,2-3,10,22H2,1H3,(H2,23,25)(H2,24,26)(H,27,28)/t11-/m0/s1. The maximum atomic E-state index is 12.7. The quantitative estimate of drug-likeness (QED) is 0.611. The van der Waals surface area contributed by atoms with Gasteiger partial charge in [0.15, 0.2) is 0 Å². The van der Waals surface area contributed by atoms with Gasteiger partial charge in [0.2, 0.25) is 11.8 Å².